The van der Waals surface area contributed by atoms with Crippen LogP contribution >= 0.6 is 90.4 Å². The van der Waals surface area contributed by atoms with Crippen LogP contribution in [0.25, 0.3) is 0 Å². The van der Waals surface area contributed by atoms with Gasteiger partial charge in [0.2, 0.25) is 0 Å². The number of rotatable bonds is 5. The van der Waals surface area contributed by atoms with E-state index in [1.54, 1.807) is 12.1 Å². The summed E-state index contributed by atoms with van der Waals surface area (Å²) < 4.78 is 34.3. The molecule has 2 rings (SSSR count). The van der Waals surface area contributed by atoms with Gasteiger partial charge in [0.05, 0.1) is 0 Å². The predicted octanol–water partition coefficient (Wildman–Crippen LogP) is 6.15. The van der Waals surface area contributed by atoms with E-state index in [1.807, 2.05) is 69.4 Å². The average Bonchev–Trinajstić information content (AvgIpc) is 2.49. The van der Waals surface area contributed by atoms with Crippen LogP contribution < -0.4 is 0 Å². The van der Waals surface area contributed by atoms with E-state index < -0.39 is 10.3 Å². The number of benzene rings is 2. The van der Waals surface area contributed by atoms with Crippen LogP contribution in [-0.2, 0) is 14.6 Å². The zero-order chi connectivity index (χ0) is 17.7. The first-order chi connectivity index (χ1) is 11.3. The van der Waals surface area contributed by atoms with Crippen LogP contribution in [0, 0.1) is 14.3 Å². The van der Waals surface area contributed by atoms with E-state index in [0.717, 1.165) is 14.3 Å². The first-order valence-corrected chi connectivity index (χ1v) is 11.6. The molecule has 0 aliphatic carbocycles. The first kappa shape index (κ1) is 20.6. The van der Waals surface area contributed by atoms with Gasteiger partial charge in [0, 0.05) is 19.6 Å². The highest BCUT2D eigenvalue weighted by Gasteiger charge is 2.12. The van der Waals surface area contributed by atoms with Gasteiger partial charge in [0.15, 0.2) is 0 Å². The molecule has 0 aliphatic heterocycles. The fourth-order valence-corrected chi connectivity index (χ4v) is 5.16. The Morgan fingerprint density at radius 3 is 1.62 bits per heavy atom. The number of nitrogens with zero attached hydrogens (tertiary/aromatic N) is 4. The third-order valence-corrected chi connectivity index (χ3v) is 6.40. The Bertz CT molecular complexity index is 878. The molecule has 0 atom stereocenters. The van der Waals surface area contributed by atoms with Crippen molar-refractivity contribution in [3.05, 3.63) is 50.7 Å². The molecule has 2 aromatic carbocycles. The smallest absolute Gasteiger partial charge is 0.229 e. The van der Waals surface area contributed by atoms with Crippen LogP contribution in [0.2, 0.25) is 0 Å². The molecule has 0 amide bonds. The van der Waals surface area contributed by atoms with Crippen molar-refractivity contribution in [1.82, 2.24) is 0 Å². The summed E-state index contributed by atoms with van der Waals surface area (Å²) in [7, 11) is -4.32. The van der Waals surface area contributed by atoms with Gasteiger partial charge in [-0.1, -0.05) is 12.1 Å². The largest absolute Gasteiger partial charge is 0.467 e. The minimum atomic E-state index is -4.32. The summed E-state index contributed by atoms with van der Waals surface area (Å²) in [5, 5.41) is 10.8. The van der Waals surface area contributed by atoms with Crippen LogP contribution in [0.5, 0.6) is 0 Å². The van der Waals surface area contributed by atoms with Crippen molar-refractivity contribution in [2.24, 2.45) is 20.0 Å². The highest BCUT2D eigenvalue weighted by Crippen LogP contribution is 2.29. The Hall–Kier alpha value is 0.310. The van der Waals surface area contributed by atoms with E-state index in [1.165, 1.54) is 0 Å². The molecule has 126 valence electrons. The Morgan fingerprint density at radius 2 is 1.17 bits per heavy atom. The van der Waals surface area contributed by atoms with Gasteiger partial charge in [0.1, 0.15) is 11.4 Å². The van der Waals surface area contributed by atoms with Gasteiger partial charge in [-0.3, -0.25) is 0 Å². The van der Waals surface area contributed by atoms with Gasteiger partial charge >= 0.3 is 10.3 Å². The maximum Gasteiger partial charge on any atom is 0.467 e. The maximum atomic E-state index is 11.7. The Morgan fingerprint density at radius 1 is 0.750 bits per heavy atom. The second-order valence-electron chi connectivity index (χ2n) is 4.01. The van der Waals surface area contributed by atoms with Crippen LogP contribution in [0.4, 0.5) is 11.4 Å². The second-order valence-corrected chi connectivity index (χ2v) is 9.82. The Kier molecular flexibility index (Phi) is 8.00. The third-order valence-electron chi connectivity index (χ3n) is 2.38. The summed E-state index contributed by atoms with van der Waals surface area (Å²) in [5.74, 6) is 0. The molecule has 0 aliphatic rings. The summed E-state index contributed by atoms with van der Waals surface area (Å²) in [6.07, 6.45) is 0. The van der Waals surface area contributed by atoms with E-state index in [9.17, 15) is 8.42 Å². The van der Waals surface area contributed by atoms with Crippen molar-refractivity contribution in [2.75, 3.05) is 0 Å². The highest BCUT2D eigenvalue weighted by molar-refractivity contribution is 14.1. The number of hydrogen-bond donors (Lipinski definition) is 0. The summed E-state index contributed by atoms with van der Waals surface area (Å²) >= 11 is 8.23. The van der Waals surface area contributed by atoms with Gasteiger partial charge in [-0.05, 0) is 119 Å². The average molecular weight is 794 g/mol. The molecule has 2 aromatic rings. The van der Waals surface area contributed by atoms with Crippen molar-refractivity contribution < 1.29 is 12.7 Å². The standard InChI is InChI=1S/C12H6I4N4O3S/c13-7-3-1-4-8(14)11(7)17-19-23-24(21,22)20-18-12-9(15)5-2-6-10(12)16/h1-6H. The van der Waals surface area contributed by atoms with Crippen LogP contribution in [0.1, 0.15) is 0 Å². The lowest BCUT2D eigenvalue weighted by atomic mass is 10.3. The van der Waals surface area contributed by atoms with Crippen LogP contribution in [0.3, 0.4) is 0 Å². The van der Waals surface area contributed by atoms with E-state index in [-0.39, 0.29) is 0 Å². The summed E-state index contributed by atoms with van der Waals surface area (Å²) in [5.41, 5.74) is 0.980. The molecule has 0 aromatic heterocycles. The van der Waals surface area contributed by atoms with Crippen LogP contribution in [-0.4, -0.2) is 8.42 Å². The zero-order valence-corrected chi connectivity index (χ0v) is 20.8. The maximum absolute atomic E-state index is 11.7. The molecule has 0 saturated carbocycles. The highest BCUT2D eigenvalue weighted by atomic mass is 127. The van der Waals surface area contributed by atoms with E-state index in [0.29, 0.717) is 11.4 Å². The molecule has 0 heterocycles. The lowest BCUT2D eigenvalue weighted by Gasteiger charge is -2.00. The molecule has 0 N–H and O–H groups in total. The van der Waals surface area contributed by atoms with Crippen molar-refractivity contribution in [3.8, 4) is 0 Å². The minimum absolute atomic E-state index is 0.454. The van der Waals surface area contributed by atoms with Crippen molar-refractivity contribution in [3.63, 3.8) is 0 Å². The first-order valence-electron chi connectivity index (χ1n) is 5.96. The fourth-order valence-electron chi connectivity index (χ4n) is 1.37. The molecule has 0 spiro atoms. The van der Waals surface area contributed by atoms with E-state index in [4.69, 9.17) is 0 Å². The van der Waals surface area contributed by atoms with Gasteiger partial charge in [-0.15, -0.1) is 10.2 Å². The minimum Gasteiger partial charge on any atom is -0.229 e. The molecule has 0 fully saturated rings. The fraction of sp³-hybridized carbons (Fsp3) is 0. The Labute approximate surface area is 192 Å². The van der Waals surface area contributed by atoms with Crippen molar-refractivity contribution in [1.29, 1.82) is 0 Å². The van der Waals surface area contributed by atoms with Crippen molar-refractivity contribution in [2.45, 2.75) is 0 Å². The van der Waals surface area contributed by atoms with E-state index >= 15 is 0 Å². The molecular formula is C12H6I4N4O3S. The molecule has 12 heteroatoms. The number of hydrogen-bond acceptors (Lipinski definition) is 6. The van der Waals surface area contributed by atoms with Gasteiger partial charge < -0.3 is 0 Å². The van der Waals surface area contributed by atoms with Gasteiger partial charge in [-0.2, -0.15) is 8.42 Å². The molecule has 0 saturated heterocycles. The predicted molar refractivity (Wildman–Crippen MR) is 123 cm³/mol. The molecule has 24 heavy (non-hydrogen) atoms. The number of halogens is 4. The molecule has 0 radical (unpaired) electrons. The Balaban J connectivity index is 2.15. The van der Waals surface area contributed by atoms with Crippen LogP contribution in [0.15, 0.2) is 56.4 Å². The quantitative estimate of drug-likeness (QED) is 0.207. The lowest BCUT2D eigenvalue weighted by molar-refractivity contribution is 0.313. The third kappa shape index (κ3) is 5.94. The zero-order valence-electron chi connectivity index (χ0n) is 11.4. The molecule has 7 nitrogen and oxygen atoms in total. The second kappa shape index (κ2) is 9.31. The molecule has 0 unspecified atom stereocenters. The molecular weight excluding hydrogens is 788 g/mol. The monoisotopic (exact) mass is 794 g/mol. The van der Waals surface area contributed by atoms with Crippen molar-refractivity contribution >= 4 is 112 Å². The summed E-state index contributed by atoms with van der Waals surface area (Å²) in [4.78, 5) is 0. The molecule has 0 bridgehead atoms. The normalized spacial score (nSPS) is 12.2. The summed E-state index contributed by atoms with van der Waals surface area (Å²) in [6.45, 7) is 0. The van der Waals surface area contributed by atoms with Gasteiger partial charge in [-0.25, -0.2) is 4.28 Å². The SMILES string of the molecule is O=S(=O)(N=Nc1c(I)cccc1I)ON=Nc1c(I)cccc1I. The lowest BCUT2D eigenvalue weighted by Crippen LogP contribution is -1.95. The van der Waals surface area contributed by atoms with E-state index in [2.05, 4.69) is 69.5 Å². The van der Waals surface area contributed by atoms with Gasteiger partial charge in [0.25, 0.3) is 0 Å². The topological polar surface area (TPSA) is 92.8 Å². The summed E-state index contributed by atoms with van der Waals surface area (Å²) in [6, 6.07) is 10.9.